The largest absolute Gasteiger partial charge is 0.313 e. The van der Waals surface area contributed by atoms with Gasteiger partial charge in [-0.15, -0.1) is 5.92 Å². The predicted octanol–water partition coefficient (Wildman–Crippen LogP) is 0.741. The third-order valence-electron chi connectivity index (χ3n) is 2.15. The maximum absolute atomic E-state index is 3.47. The molecular formula is C10H18N2. The van der Waals surface area contributed by atoms with Gasteiger partial charge in [-0.25, -0.2) is 0 Å². The molecule has 0 aromatic carbocycles. The van der Waals surface area contributed by atoms with Crippen LogP contribution in [0, 0.1) is 11.8 Å². The van der Waals surface area contributed by atoms with Gasteiger partial charge in [0.25, 0.3) is 0 Å². The average Bonchev–Trinajstić information content (AvgIpc) is 2.14. The van der Waals surface area contributed by atoms with Gasteiger partial charge >= 0.3 is 0 Å². The standard InChI is InChI=1S/C10H18N2/c1-11-8-4-2-6-10-7-3-5-9-12-10/h10-12H,3,5-9H2,1H3. The smallest absolute Gasteiger partial charge is 0.0574 e. The summed E-state index contributed by atoms with van der Waals surface area (Å²) in [6, 6.07) is 0.656. The van der Waals surface area contributed by atoms with Crippen molar-refractivity contribution in [2.45, 2.75) is 31.7 Å². The summed E-state index contributed by atoms with van der Waals surface area (Å²) in [7, 11) is 1.92. The Morgan fingerprint density at radius 1 is 1.42 bits per heavy atom. The zero-order chi connectivity index (χ0) is 8.65. The highest BCUT2D eigenvalue weighted by atomic mass is 14.9. The van der Waals surface area contributed by atoms with E-state index in [2.05, 4.69) is 22.5 Å². The van der Waals surface area contributed by atoms with Crippen LogP contribution < -0.4 is 10.6 Å². The second-order valence-electron chi connectivity index (χ2n) is 3.23. The first-order valence-corrected chi connectivity index (χ1v) is 4.77. The van der Waals surface area contributed by atoms with E-state index in [1.54, 1.807) is 0 Å². The van der Waals surface area contributed by atoms with Crippen LogP contribution in [-0.2, 0) is 0 Å². The molecule has 0 bridgehead atoms. The van der Waals surface area contributed by atoms with Crippen molar-refractivity contribution in [2.24, 2.45) is 0 Å². The van der Waals surface area contributed by atoms with Gasteiger partial charge in [0, 0.05) is 12.5 Å². The molecule has 1 saturated heterocycles. The topological polar surface area (TPSA) is 24.1 Å². The number of rotatable bonds is 2. The van der Waals surface area contributed by atoms with Crippen LogP contribution in [0.1, 0.15) is 25.7 Å². The van der Waals surface area contributed by atoms with Gasteiger partial charge in [0.2, 0.25) is 0 Å². The molecule has 0 aromatic heterocycles. The van der Waals surface area contributed by atoms with E-state index in [0.717, 1.165) is 13.0 Å². The van der Waals surface area contributed by atoms with E-state index in [9.17, 15) is 0 Å². The molecule has 0 aromatic rings. The van der Waals surface area contributed by atoms with Crippen molar-refractivity contribution in [2.75, 3.05) is 20.1 Å². The molecule has 1 atom stereocenters. The highest BCUT2D eigenvalue weighted by molar-refractivity contribution is 5.02. The van der Waals surface area contributed by atoms with Crippen LogP contribution in [0.15, 0.2) is 0 Å². The monoisotopic (exact) mass is 166 g/mol. The molecule has 68 valence electrons. The van der Waals surface area contributed by atoms with E-state index in [-0.39, 0.29) is 0 Å². The zero-order valence-corrected chi connectivity index (χ0v) is 7.82. The maximum Gasteiger partial charge on any atom is 0.0574 e. The second-order valence-corrected chi connectivity index (χ2v) is 3.23. The van der Waals surface area contributed by atoms with E-state index in [0.29, 0.717) is 6.04 Å². The third kappa shape index (κ3) is 3.75. The summed E-state index contributed by atoms with van der Waals surface area (Å²) in [6.07, 6.45) is 5.02. The lowest BCUT2D eigenvalue weighted by molar-refractivity contribution is 0.407. The Morgan fingerprint density at radius 2 is 2.33 bits per heavy atom. The first-order chi connectivity index (χ1) is 5.93. The molecule has 2 N–H and O–H groups in total. The normalized spacial score (nSPS) is 22.9. The molecule has 12 heavy (non-hydrogen) atoms. The molecule has 0 aliphatic carbocycles. The van der Waals surface area contributed by atoms with Crippen molar-refractivity contribution < 1.29 is 0 Å². The van der Waals surface area contributed by atoms with Crippen molar-refractivity contribution in [3.8, 4) is 11.8 Å². The molecule has 1 rings (SSSR count). The molecule has 0 spiro atoms. The Bertz CT molecular complexity index is 160. The maximum atomic E-state index is 3.47. The summed E-state index contributed by atoms with van der Waals surface area (Å²) < 4.78 is 0. The van der Waals surface area contributed by atoms with Crippen LogP contribution in [0.5, 0.6) is 0 Å². The first-order valence-electron chi connectivity index (χ1n) is 4.77. The van der Waals surface area contributed by atoms with Gasteiger partial charge in [0.1, 0.15) is 0 Å². The Kier molecular flexibility index (Phi) is 4.82. The summed E-state index contributed by atoms with van der Waals surface area (Å²) >= 11 is 0. The molecule has 1 fully saturated rings. The Morgan fingerprint density at radius 3 is 3.00 bits per heavy atom. The van der Waals surface area contributed by atoms with E-state index >= 15 is 0 Å². The van der Waals surface area contributed by atoms with E-state index in [1.807, 2.05) is 7.05 Å². The summed E-state index contributed by atoms with van der Waals surface area (Å²) in [6.45, 7) is 1.99. The minimum atomic E-state index is 0.656. The van der Waals surface area contributed by atoms with E-state index in [1.165, 1.54) is 25.8 Å². The summed E-state index contributed by atoms with van der Waals surface area (Å²) in [4.78, 5) is 0. The van der Waals surface area contributed by atoms with Crippen LogP contribution in [-0.4, -0.2) is 26.2 Å². The average molecular weight is 166 g/mol. The molecule has 2 nitrogen and oxygen atoms in total. The second kappa shape index (κ2) is 6.05. The molecular weight excluding hydrogens is 148 g/mol. The third-order valence-corrected chi connectivity index (χ3v) is 2.15. The van der Waals surface area contributed by atoms with Gasteiger partial charge in [-0.3, -0.25) is 0 Å². The molecule has 0 saturated carbocycles. The Labute approximate surface area is 75.1 Å². The lowest BCUT2D eigenvalue weighted by Gasteiger charge is -2.20. The molecule has 1 heterocycles. The fourth-order valence-corrected chi connectivity index (χ4v) is 1.44. The van der Waals surface area contributed by atoms with Crippen molar-refractivity contribution >= 4 is 0 Å². The van der Waals surface area contributed by atoms with Gasteiger partial charge < -0.3 is 10.6 Å². The van der Waals surface area contributed by atoms with Crippen molar-refractivity contribution in [3.63, 3.8) is 0 Å². The minimum Gasteiger partial charge on any atom is -0.313 e. The van der Waals surface area contributed by atoms with Crippen LogP contribution >= 0.6 is 0 Å². The van der Waals surface area contributed by atoms with Crippen LogP contribution in [0.2, 0.25) is 0 Å². The molecule has 0 radical (unpaired) electrons. The highest BCUT2D eigenvalue weighted by Gasteiger charge is 2.09. The van der Waals surface area contributed by atoms with E-state index in [4.69, 9.17) is 0 Å². The quantitative estimate of drug-likeness (QED) is 0.591. The van der Waals surface area contributed by atoms with Crippen molar-refractivity contribution in [1.82, 2.24) is 10.6 Å². The van der Waals surface area contributed by atoms with E-state index < -0.39 is 0 Å². The number of hydrogen-bond donors (Lipinski definition) is 2. The SMILES string of the molecule is CNCC#CCC1CCCCN1. The highest BCUT2D eigenvalue weighted by Crippen LogP contribution is 2.08. The van der Waals surface area contributed by atoms with Gasteiger partial charge in [0.15, 0.2) is 0 Å². The molecule has 1 aliphatic rings. The Balaban J connectivity index is 2.09. The van der Waals surface area contributed by atoms with Crippen molar-refractivity contribution in [1.29, 1.82) is 0 Å². The molecule has 1 aliphatic heterocycles. The zero-order valence-electron chi connectivity index (χ0n) is 7.82. The molecule has 0 amide bonds. The summed E-state index contributed by atoms with van der Waals surface area (Å²) in [5.74, 6) is 6.26. The molecule has 1 unspecified atom stereocenters. The van der Waals surface area contributed by atoms with Crippen molar-refractivity contribution in [3.05, 3.63) is 0 Å². The van der Waals surface area contributed by atoms with Gasteiger partial charge in [0.05, 0.1) is 6.54 Å². The predicted molar refractivity (Wildman–Crippen MR) is 52.0 cm³/mol. The number of nitrogens with one attached hydrogen (secondary N) is 2. The van der Waals surface area contributed by atoms with Crippen LogP contribution in [0.4, 0.5) is 0 Å². The summed E-state index contributed by atoms with van der Waals surface area (Å²) in [5.41, 5.74) is 0. The van der Waals surface area contributed by atoms with Crippen LogP contribution in [0.3, 0.4) is 0 Å². The summed E-state index contributed by atoms with van der Waals surface area (Å²) in [5, 5.41) is 6.48. The number of hydrogen-bond acceptors (Lipinski definition) is 2. The lowest BCUT2D eigenvalue weighted by atomic mass is 10.0. The van der Waals surface area contributed by atoms with Crippen LogP contribution in [0.25, 0.3) is 0 Å². The Hall–Kier alpha value is -0.520. The fraction of sp³-hybridized carbons (Fsp3) is 0.800. The number of piperidine rings is 1. The van der Waals surface area contributed by atoms with Gasteiger partial charge in [-0.05, 0) is 26.4 Å². The van der Waals surface area contributed by atoms with Gasteiger partial charge in [-0.2, -0.15) is 0 Å². The lowest BCUT2D eigenvalue weighted by Crippen LogP contribution is -2.33. The fourth-order valence-electron chi connectivity index (χ4n) is 1.44. The molecule has 2 heteroatoms. The first kappa shape index (κ1) is 9.57. The van der Waals surface area contributed by atoms with Gasteiger partial charge in [-0.1, -0.05) is 12.3 Å². The minimum absolute atomic E-state index is 0.656.